The molecule has 0 spiro atoms. The molecule has 0 unspecified atom stereocenters. The average molecular weight is 825 g/mol. The van der Waals surface area contributed by atoms with Gasteiger partial charge in [-0.2, -0.15) is 0 Å². The Morgan fingerprint density at radius 3 is 1.14 bits per heavy atom. The molecule has 0 aliphatic carbocycles. The summed E-state index contributed by atoms with van der Waals surface area (Å²) in [5.41, 5.74) is 24.7. The summed E-state index contributed by atoms with van der Waals surface area (Å²) in [6.07, 6.45) is 0. The Kier molecular flexibility index (Phi) is 9.33. The average Bonchev–Trinajstić information content (AvgIpc) is 3.32. The van der Waals surface area contributed by atoms with Gasteiger partial charge >= 0.3 is 0 Å². The van der Waals surface area contributed by atoms with Gasteiger partial charge in [0, 0.05) is 27.9 Å². The summed E-state index contributed by atoms with van der Waals surface area (Å²) >= 11 is 0. The number of hydrogen-bond acceptors (Lipinski definition) is 2. The van der Waals surface area contributed by atoms with E-state index in [0.717, 1.165) is 17.1 Å². The van der Waals surface area contributed by atoms with E-state index in [4.69, 9.17) is 0 Å². The van der Waals surface area contributed by atoms with Crippen molar-refractivity contribution in [2.75, 3.05) is 9.80 Å². The minimum absolute atomic E-state index is 0.173. The fourth-order valence-corrected chi connectivity index (χ4v) is 10.7. The van der Waals surface area contributed by atoms with Crippen LogP contribution in [0.25, 0.3) is 44.5 Å². The first-order valence-electron chi connectivity index (χ1n) is 22.6. The van der Waals surface area contributed by atoms with Crippen molar-refractivity contribution < 1.29 is 0 Å². The molecule has 9 aromatic rings. The van der Waals surface area contributed by atoms with E-state index >= 15 is 0 Å². The molecular formula is C62H52N2. The van der Waals surface area contributed by atoms with Gasteiger partial charge in [0.05, 0.1) is 17.1 Å². The topological polar surface area (TPSA) is 6.48 Å². The Morgan fingerprint density at radius 2 is 0.688 bits per heavy atom. The summed E-state index contributed by atoms with van der Waals surface area (Å²) in [4.78, 5) is 4.93. The first-order chi connectivity index (χ1) is 31.1. The number of nitrogens with zero attached hydrogens (tertiary/aromatic N) is 2. The predicted octanol–water partition coefficient (Wildman–Crippen LogP) is 17.2. The summed E-state index contributed by atoms with van der Waals surface area (Å²) < 4.78 is 0. The number of hydrogen-bond donors (Lipinski definition) is 0. The fourth-order valence-electron chi connectivity index (χ4n) is 10.7. The summed E-state index contributed by atoms with van der Waals surface area (Å²) in [6.45, 7) is 14.1. The lowest BCUT2D eigenvalue weighted by molar-refractivity contribution is 0.598. The summed E-state index contributed by atoms with van der Waals surface area (Å²) in [5.74, 6) is 0. The monoisotopic (exact) mass is 824 g/mol. The first-order valence-corrected chi connectivity index (χ1v) is 22.6. The normalized spacial score (nSPS) is 14.0. The molecule has 0 saturated carbocycles. The van der Waals surface area contributed by atoms with E-state index in [1.807, 2.05) is 0 Å². The van der Waals surface area contributed by atoms with Crippen LogP contribution in [0, 0.1) is 13.8 Å². The Bertz CT molecular complexity index is 3010. The van der Waals surface area contributed by atoms with E-state index in [9.17, 15) is 0 Å². The van der Waals surface area contributed by atoms with Crippen LogP contribution in [-0.4, -0.2) is 0 Å². The second-order valence-electron chi connectivity index (χ2n) is 18.7. The van der Waals surface area contributed by atoms with Crippen LogP contribution in [0.5, 0.6) is 0 Å². The SMILES string of the molecule is Cc1cc(N(c2ccc(-c3ccccc3)cc2)c2ccc(-c3ccccc3)cc2)cc(C)c1-c1ccc(-c2cc3c4c(c2)C(C)(C)c2ccccc2N4c2ccccc2C3(C)C)cc1. The van der Waals surface area contributed by atoms with E-state index in [-0.39, 0.29) is 10.8 Å². The number of rotatable bonds is 7. The molecule has 9 aromatic carbocycles. The zero-order chi connectivity index (χ0) is 43.7. The fraction of sp³-hybridized carbons (Fsp3) is 0.129. The number of aryl methyl sites for hydroxylation is 2. The molecule has 2 heterocycles. The highest BCUT2D eigenvalue weighted by Gasteiger charge is 2.45. The van der Waals surface area contributed by atoms with Gasteiger partial charge in [-0.15, -0.1) is 0 Å². The van der Waals surface area contributed by atoms with E-state index in [1.54, 1.807) is 0 Å². The maximum atomic E-state index is 2.54. The van der Waals surface area contributed by atoms with Crippen LogP contribution in [0.15, 0.2) is 206 Å². The van der Waals surface area contributed by atoms with Crippen molar-refractivity contribution in [3.05, 3.63) is 240 Å². The van der Waals surface area contributed by atoms with Crippen molar-refractivity contribution in [3.63, 3.8) is 0 Å². The molecule has 0 N–H and O–H groups in total. The zero-order valence-electron chi connectivity index (χ0n) is 37.5. The molecule has 0 aromatic heterocycles. The Labute approximate surface area is 378 Å². The lowest BCUT2D eigenvalue weighted by Gasteiger charge is -2.49. The Morgan fingerprint density at radius 1 is 0.328 bits per heavy atom. The quantitative estimate of drug-likeness (QED) is 0.158. The molecular weight excluding hydrogens is 773 g/mol. The molecule has 64 heavy (non-hydrogen) atoms. The van der Waals surface area contributed by atoms with E-state index < -0.39 is 0 Å². The van der Waals surface area contributed by atoms with Crippen LogP contribution in [0.3, 0.4) is 0 Å². The largest absolute Gasteiger partial charge is 0.310 e. The van der Waals surface area contributed by atoms with Crippen LogP contribution in [0.4, 0.5) is 34.1 Å². The van der Waals surface area contributed by atoms with Gasteiger partial charge in [-0.1, -0.05) is 173 Å². The molecule has 0 amide bonds. The molecule has 11 rings (SSSR count). The van der Waals surface area contributed by atoms with E-state index in [2.05, 4.69) is 258 Å². The number of fused-ring (bicyclic) bond motifs is 4. The van der Waals surface area contributed by atoms with Gasteiger partial charge in [0.15, 0.2) is 0 Å². The van der Waals surface area contributed by atoms with E-state index in [0.29, 0.717) is 0 Å². The van der Waals surface area contributed by atoms with Crippen molar-refractivity contribution in [2.24, 2.45) is 0 Å². The third-order valence-electron chi connectivity index (χ3n) is 14.1. The van der Waals surface area contributed by atoms with Gasteiger partial charge in [-0.3, -0.25) is 0 Å². The van der Waals surface area contributed by atoms with Gasteiger partial charge in [-0.05, 0) is 152 Å². The number of anilines is 6. The van der Waals surface area contributed by atoms with Gasteiger partial charge < -0.3 is 9.80 Å². The van der Waals surface area contributed by atoms with E-state index in [1.165, 1.54) is 95.0 Å². The molecule has 0 saturated heterocycles. The van der Waals surface area contributed by atoms with Gasteiger partial charge in [0.25, 0.3) is 0 Å². The van der Waals surface area contributed by atoms with Crippen LogP contribution in [-0.2, 0) is 10.8 Å². The van der Waals surface area contributed by atoms with Gasteiger partial charge in [0.2, 0.25) is 0 Å². The van der Waals surface area contributed by atoms with Crippen molar-refractivity contribution in [3.8, 4) is 44.5 Å². The molecule has 2 aliphatic heterocycles. The highest BCUT2D eigenvalue weighted by Crippen LogP contribution is 2.60. The Balaban J connectivity index is 0.971. The third-order valence-corrected chi connectivity index (χ3v) is 14.1. The molecule has 0 atom stereocenters. The van der Waals surface area contributed by atoms with Crippen LogP contribution >= 0.6 is 0 Å². The molecule has 0 radical (unpaired) electrons. The predicted molar refractivity (Wildman–Crippen MR) is 271 cm³/mol. The summed E-state index contributed by atoms with van der Waals surface area (Å²) in [6, 6.07) is 76.1. The molecule has 310 valence electrons. The second kappa shape index (κ2) is 15.1. The molecule has 0 bridgehead atoms. The smallest absolute Gasteiger partial charge is 0.0544 e. The minimum Gasteiger partial charge on any atom is -0.310 e. The van der Waals surface area contributed by atoms with Crippen LogP contribution < -0.4 is 9.80 Å². The van der Waals surface area contributed by atoms with Crippen molar-refractivity contribution >= 4 is 34.1 Å². The molecule has 2 heteroatoms. The molecule has 2 nitrogen and oxygen atoms in total. The molecule has 0 fully saturated rings. The van der Waals surface area contributed by atoms with Crippen molar-refractivity contribution in [2.45, 2.75) is 52.4 Å². The third kappa shape index (κ3) is 6.39. The zero-order valence-corrected chi connectivity index (χ0v) is 37.5. The first kappa shape index (κ1) is 39.4. The standard InChI is InChI=1S/C62H52N2/c1-41-37-52(63(50-33-29-45(30-34-50)43-17-9-7-10-18-43)51-35-31-46(32-36-51)44-19-11-8-12-20-44)38-42(2)59(41)48-27-25-47(26-28-48)49-39-55-60-56(40-49)62(5,6)54-22-14-16-24-58(54)64(60)57-23-15-13-21-53(57)61(55,3)4/h7-40H,1-6H3. The van der Waals surface area contributed by atoms with Crippen LogP contribution in [0.1, 0.15) is 61.1 Å². The maximum Gasteiger partial charge on any atom is 0.0544 e. The summed E-state index contributed by atoms with van der Waals surface area (Å²) in [7, 11) is 0. The molecule has 2 aliphatic rings. The highest BCUT2D eigenvalue weighted by molar-refractivity contribution is 5.94. The summed E-state index contributed by atoms with van der Waals surface area (Å²) in [5, 5.41) is 0. The maximum absolute atomic E-state index is 2.54. The van der Waals surface area contributed by atoms with Crippen LogP contribution in [0.2, 0.25) is 0 Å². The second-order valence-corrected chi connectivity index (χ2v) is 18.7. The van der Waals surface area contributed by atoms with Crippen molar-refractivity contribution in [1.82, 2.24) is 0 Å². The lowest BCUT2D eigenvalue weighted by atomic mass is 9.65. The minimum atomic E-state index is -0.173. The number of para-hydroxylation sites is 2. The van der Waals surface area contributed by atoms with Gasteiger partial charge in [0.1, 0.15) is 0 Å². The highest BCUT2D eigenvalue weighted by atomic mass is 15.2. The van der Waals surface area contributed by atoms with Crippen molar-refractivity contribution in [1.29, 1.82) is 0 Å². The lowest BCUT2D eigenvalue weighted by Crippen LogP contribution is -2.38. The number of benzene rings is 9. The van der Waals surface area contributed by atoms with Gasteiger partial charge in [-0.25, -0.2) is 0 Å². The Hall–Kier alpha value is -7.42.